The van der Waals surface area contributed by atoms with Crippen molar-refractivity contribution in [3.8, 4) is 0 Å². The molecule has 1 saturated carbocycles. The third-order valence-electron chi connectivity index (χ3n) is 5.07. The average molecular weight is 393 g/mol. The van der Waals surface area contributed by atoms with Gasteiger partial charge in [0.25, 0.3) is 10.0 Å². The fourth-order valence-corrected chi connectivity index (χ4v) is 5.72. The van der Waals surface area contributed by atoms with E-state index in [1.807, 2.05) is 31.2 Å². The molecule has 1 fully saturated rings. The second kappa shape index (κ2) is 5.05. The molecule has 4 nitrogen and oxygen atoms in total. The minimum Gasteiger partial charge on any atom is -0.261 e. The summed E-state index contributed by atoms with van der Waals surface area (Å²) >= 11 is 3.40. The molecule has 1 aromatic carbocycles. The lowest BCUT2D eigenvalue weighted by Crippen LogP contribution is -2.57. The molecule has 6 heteroatoms. The first-order valence-electron chi connectivity index (χ1n) is 7.67. The van der Waals surface area contributed by atoms with Crippen LogP contribution in [0.4, 0.5) is 5.69 Å². The van der Waals surface area contributed by atoms with Gasteiger partial charge in [0.05, 0.1) is 16.3 Å². The number of rotatable bonds is 2. The van der Waals surface area contributed by atoms with E-state index in [9.17, 15) is 8.42 Å². The Hall–Kier alpha value is -1.40. The van der Waals surface area contributed by atoms with E-state index in [1.54, 1.807) is 16.4 Å². The van der Waals surface area contributed by atoms with Gasteiger partial charge in [-0.05, 0) is 59.5 Å². The highest BCUT2D eigenvalue weighted by atomic mass is 79.9. The van der Waals surface area contributed by atoms with E-state index in [1.165, 1.54) is 0 Å². The Bertz CT molecular complexity index is 880. The number of pyridine rings is 1. The van der Waals surface area contributed by atoms with E-state index >= 15 is 0 Å². The molecular formula is C17H17BrN2O2S. The summed E-state index contributed by atoms with van der Waals surface area (Å²) in [6.07, 6.45) is 0.850. The van der Waals surface area contributed by atoms with Crippen LogP contribution in [0.2, 0.25) is 0 Å². The fraction of sp³-hybridized carbons (Fsp3) is 0.353. The second-order valence-electron chi connectivity index (χ2n) is 6.42. The van der Waals surface area contributed by atoms with Gasteiger partial charge in [0, 0.05) is 12.0 Å². The smallest absolute Gasteiger partial charge is 0.261 e. The third-order valence-corrected chi connectivity index (χ3v) is 7.37. The molecule has 0 radical (unpaired) electrons. The van der Waals surface area contributed by atoms with Gasteiger partial charge in [-0.1, -0.05) is 24.6 Å². The summed E-state index contributed by atoms with van der Waals surface area (Å²) < 4.78 is 28.8. The van der Waals surface area contributed by atoms with E-state index < -0.39 is 10.0 Å². The van der Waals surface area contributed by atoms with Gasteiger partial charge in [-0.15, -0.1) is 0 Å². The molecule has 3 heterocycles. The quantitative estimate of drug-likeness (QED) is 0.729. The predicted molar refractivity (Wildman–Crippen MR) is 93.1 cm³/mol. The number of anilines is 1. The number of benzene rings is 1. The van der Waals surface area contributed by atoms with E-state index in [4.69, 9.17) is 0 Å². The Labute approximate surface area is 144 Å². The lowest BCUT2D eigenvalue weighted by atomic mass is 9.65. The molecule has 0 spiro atoms. The number of nitrogens with zero attached hydrogens (tertiary/aromatic N) is 2. The molecule has 3 aliphatic rings. The van der Waals surface area contributed by atoms with Crippen LogP contribution < -0.4 is 4.31 Å². The molecule has 0 saturated heterocycles. The van der Waals surface area contributed by atoms with Crippen molar-refractivity contribution in [2.45, 2.75) is 37.1 Å². The van der Waals surface area contributed by atoms with Crippen molar-refractivity contribution >= 4 is 31.6 Å². The molecule has 3 unspecified atom stereocenters. The molecule has 2 bridgehead atoms. The lowest BCUT2D eigenvalue weighted by Gasteiger charge is -2.53. The zero-order chi connectivity index (χ0) is 16.4. The maximum absolute atomic E-state index is 13.2. The highest BCUT2D eigenvalue weighted by molar-refractivity contribution is 9.10. The minimum atomic E-state index is -3.57. The first kappa shape index (κ1) is 15.1. The third kappa shape index (κ3) is 2.15. The Morgan fingerprint density at radius 3 is 2.52 bits per heavy atom. The second-order valence-corrected chi connectivity index (χ2v) is 9.05. The molecule has 5 rings (SSSR count). The molecule has 1 aliphatic carbocycles. The Balaban J connectivity index is 1.87. The largest absolute Gasteiger partial charge is 0.264 e. The van der Waals surface area contributed by atoms with Crippen LogP contribution in [-0.2, 0) is 10.0 Å². The van der Waals surface area contributed by atoms with Crippen LogP contribution in [0, 0.1) is 12.8 Å². The molecule has 2 aromatic rings. The highest BCUT2D eigenvalue weighted by Crippen LogP contribution is 2.55. The van der Waals surface area contributed by atoms with E-state index in [-0.39, 0.29) is 6.04 Å². The topological polar surface area (TPSA) is 50.3 Å². The average Bonchev–Trinajstić information content (AvgIpc) is 2.53. The van der Waals surface area contributed by atoms with Crippen molar-refractivity contribution < 1.29 is 8.42 Å². The summed E-state index contributed by atoms with van der Waals surface area (Å²) in [6, 6.07) is 10.8. The number of halogens is 1. The molecule has 3 atom stereocenters. The predicted octanol–water partition coefficient (Wildman–Crippen LogP) is 3.85. The van der Waals surface area contributed by atoms with Crippen molar-refractivity contribution in [1.29, 1.82) is 0 Å². The number of hydrogen-bond acceptors (Lipinski definition) is 3. The standard InChI is InChI=1S/C17H17BrN2O2S/c1-10-3-5-12(6-4-10)23(21,22)20-14-7-8-16(18)19-17(14)13-9-15(20)11(13)2/h3-8,11,13,15H,9H2,1-2H3. The maximum atomic E-state index is 13.2. The normalized spacial score (nSPS) is 25.7. The number of aryl methyl sites for hydroxylation is 1. The molecule has 120 valence electrons. The summed E-state index contributed by atoms with van der Waals surface area (Å²) in [5.41, 5.74) is 2.67. The van der Waals surface area contributed by atoms with Crippen LogP contribution in [0.1, 0.15) is 30.5 Å². The zero-order valence-corrected chi connectivity index (χ0v) is 15.3. The first-order valence-corrected chi connectivity index (χ1v) is 9.90. The van der Waals surface area contributed by atoms with Gasteiger partial charge in [-0.2, -0.15) is 0 Å². The molecule has 2 aliphatic heterocycles. The summed E-state index contributed by atoms with van der Waals surface area (Å²) in [6.45, 7) is 4.06. The van der Waals surface area contributed by atoms with Gasteiger partial charge in [0.15, 0.2) is 0 Å². The monoisotopic (exact) mass is 392 g/mol. The fourth-order valence-electron chi connectivity index (χ4n) is 3.64. The van der Waals surface area contributed by atoms with Gasteiger partial charge < -0.3 is 0 Å². The van der Waals surface area contributed by atoms with Gasteiger partial charge >= 0.3 is 0 Å². The molecular weight excluding hydrogens is 376 g/mol. The van der Waals surface area contributed by atoms with Crippen molar-refractivity contribution in [2.24, 2.45) is 5.92 Å². The minimum absolute atomic E-state index is 0.0294. The molecule has 0 N–H and O–H groups in total. The molecule has 1 aromatic heterocycles. The van der Waals surface area contributed by atoms with E-state index in [0.29, 0.717) is 16.7 Å². The molecule has 0 amide bonds. The van der Waals surface area contributed by atoms with E-state index in [2.05, 4.69) is 27.8 Å². The zero-order valence-electron chi connectivity index (χ0n) is 12.9. The van der Waals surface area contributed by atoms with Crippen LogP contribution in [0.15, 0.2) is 45.9 Å². The van der Waals surface area contributed by atoms with Crippen molar-refractivity contribution in [1.82, 2.24) is 4.98 Å². The number of aromatic nitrogens is 1. The number of sulfonamides is 1. The van der Waals surface area contributed by atoms with Crippen LogP contribution in [0.25, 0.3) is 0 Å². The maximum Gasteiger partial charge on any atom is 0.264 e. The van der Waals surface area contributed by atoms with Crippen molar-refractivity contribution in [3.05, 3.63) is 52.3 Å². The van der Waals surface area contributed by atoms with Crippen LogP contribution in [0.3, 0.4) is 0 Å². The van der Waals surface area contributed by atoms with Crippen LogP contribution in [-0.4, -0.2) is 19.4 Å². The lowest BCUT2D eigenvalue weighted by molar-refractivity contribution is 0.209. The van der Waals surface area contributed by atoms with Gasteiger partial charge in [-0.3, -0.25) is 4.31 Å². The van der Waals surface area contributed by atoms with Crippen LogP contribution >= 0.6 is 15.9 Å². The Morgan fingerprint density at radius 1 is 1.17 bits per heavy atom. The van der Waals surface area contributed by atoms with Crippen molar-refractivity contribution in [2.75, 3.05) is 4.31 Å². The number of hydrogen-bond donors (Lipinski definition) is 0. The van der Waals surface area contributed by atoms with Gasteiger partial charge in [0.2, 0.25) is 0 Å². The Morgan fingerprint density at radius 2 is 1.87 bits per heavy atom. The summed E-state index contributed by atoms with van der Waals surface area (Å²) in [5, 5.41) is 0. The highest BCUT2D eigenvalue weighted by Gasteiger charge is 2.53. The SMILES string of the molecule is Cc1ccc(S(=O)(=O)N2c3ccc(Br)nc3C3CC2C3C)cc1. The summed E-state index contributed by atoms with van der Waals surface area (Å²) in [7, 11) is -3.57. The first-order chi connectivity index (χ1) is 10.9. The van der Waals surface area contributed by atoms with E-state index in [0.717, 1.165) is 28.0 Å². The summed E-state index contributed by atoms with van der Waals surface area (Å²) in [5.74, 6) is 0.654. The molecule has 23 heavy (non-hydrogen) atoms. The van der Waals surface area contributed by atoms with Crippen molar-refractivity contribution in [3.63, 3.8) is 0 Å². The van der Waals surface area contributed by atoms with Crippen LogP contribution in [0.5, 0.6) is 0 Å². The summed E-state index contributed by atoms with van der Waals surface area (Å²) in [4.78, 5) is 4.91. The van der Waals surface area contributed by atoms with Gasteiger partial charge in [0.1, 0.15) is 4.60 Å². The Kier molecular flexibility index (Phi) is 3.32. The van der Waals surface area contributed by atoms with Gasteiger partial charge in [-0.25, -0.2) is 13.4 Å².